The van der Waals surface area contributed by atoms with Gasteiger partial charge in [-0.1, -0.05) is 6.42 Å². The lowest BCUT2D eigenvalue weighted by molar-refractivity contribution is 0.258. The zero-order valence-electron chi connectivity index (χ0n) is 10.3. The van der Waals surface area contributed by atoms with Crippen LogP contribution >= 0.6 is 23.7 Å². The second kappa shape index (κ2) is 6.34. The molecule has 18 heavy (non-hydrogen) atoms. The Kier molecular flexibility index (Phi) is 5.61. The molecule has 0 bridgehead atoms. The van der Waals surface area contributed by atoms with E-state index in [1.165, 1.54) is 11.3 Å². The third-order valence-electron chi connectivity index (χ3n) is 3.12. The number of thiophene rings is 1. The van der Waals surface area contributed by atoms with Crippen molar-refractivity contribution in [3.63, 3.8) is 0 Å². The van der Waals surface area contributed by atoms with Crippen LogP contribution in [0.4, 0.5) is 0 Å². The molecule has 0 saturated carbocycles. The summed E-state index contributed by atoms with van der Waals surface area (Å²) in [5.41, 5.74) is 5.67. The summed E-state index contributed by atoms with van der Waals surface area (Å²) in [6.45, 7) is 2.92. The molecule has 2 heterocycles. The van der Waals surface area contributed by atoms with Crippen LogP contribution in [0.15, 0.2) is 16.3 Å². The Hall–Kier alpha value is -0.140. The first-order valence-electron chi connectivity index (χ1n) is 5.84. The van der Waals surface area contributed by atoms with Crippen molar-refractivity contribution in [3.8, 4) is 0 Å². The van der Waals surface area contributed by atoms with E-state index in [0.717, 1.165) is 24.1 Å². The van der Waals surface area contributed by atoms with E-state index >= 15 is 0 Å². The maximum Gasteiger partial charge on any atom is 0.252 e. The van der Waals surface area contributed by atoms with Gasteiger partial charge in [0.05, 0.1) is 0 Å². The third kappa shape index (κ3) is 3.05. The van der Waals surface area contributed by atoms with Gasteiger partial charge < -0.3 is 5.73 Å². The van der Waals surface area contributed by atoms with Gasteiger partial charge in [0.2, 0.25) is 0 Å². The number of aryl methyl sites for hydroxylation is 1. The van der Waals surface area contributed by atoms with Gasteiger partial charge in [0.15, 0.2) is 0 Å². The average Bonchev–Trinajstić information content (AvgIpc) is 2.76. The summed E-state index contributed by atoms with van der Waals surface area (Å²) in [5, 5.41) is 0. The van der Waals surface area contributed by atoms with E-state index in [-0.39, 0.29) is 18.4 Å². The summed E-state index contributed by atoms with van der Waals surface area (Å²) < 4.78 is 26.9. The standard InChI is InChI=1S/C11H18N2O2S2.ClH/c1-9-5-6-11(16-9)17(14,15)13-7-3-2-4-10(13)8-12;/h5-6,10H,2-4,7-8,12H2,1H3;1H. The number of nitrogens with zero attached hydrogens (tertiary/aromatic N) is 1. The lowest BCUT2D eigenvalue weighted by Gasteiger charge is -2.33. The molecule has 1 aliphatic heterocycles. The SMILES string of the molecule is Cc1ccc(S(=O)(=O)N2CCCCC2CN)s1.Cl. The Morgan fingerprint density at radius 2 is 2.17 bits per heavy atom. The highest BCUT2D eigenvalue weighted by Crippen LogP contribution is 2.28. The van der Waals surface area contributed by atoms with Crippen LogP contribution in [-0.4, -0.2) is 31.9 Å². The number of piperidine rings is 1. The van der Waals surface area contributed by atoms with Gasteiger partial charge in [-0.2, -0.15) is 4.31 Å². The van der Waals surface area contributed by atoms with Gasteiger partial charge in [-0.15, -0.1) is 23.7 Å². The first kappa shape index (κ1) is 15.9. The van der Waals surface area contributed by atoms with E-state index in [1.807, 2.05) is 13.0 Å². The molecule has 0 amide bonds. The third-order valence-corrected chi connectivity index (χ3v) is 6.54. The summed E-state index contributed by atoms with van der Waals surface area (Å²) >= 11 is 1.33. The van der Waals surface area contributed by atoms with Gasteiger partial charge in [-0.25, -0.2) is 8.42 Å². The number of nitrogens with two attached hydrogens (primary N) is 1. The van der Waals surface area contributed by atoms with Gasteiger partial charge in [-0.05, 0) is 31.9 Å². The van der Waals surface area contributed by atoms with E-state index in [4.69, 9.17) is 5.73 Å². The quantitative estimate of drug-likeness (QED) is 0.928. The molecule has 1 aromatic rings. The van der Waals surface area contributed by atoms with E-state index in [2.05, 4.69) is 0 Å². The molecule has 0 aliphatic carbocycles. The predicted molar refractivity (Wildman–Crippen MR) is 76.9 cm³/mol. The largest absolute Gasteiger partial charge is 0.329 e. The first-order valence-corrected chi connectivity index (χ1v) is 8.09. The van der Waals surface area contributed by atoms with Crippen molar-refractivity contribution in [3.05, 3.63) is 17.0 Å². The zero-order valence-corrected chi connectivity index (χ0v) is 12.8. The number of sulfonamides is 1. The molecule has 104 valence electrons. The fourth-order valence-electron chi connectivity index (χ4n) is 2.19. The molecule has 7 heteroatoms. The maximum absolute atomic E-state index is 12.5. The summed E-state index contributed by atoms with van der Waals surface area (Å²) in [7, 11) is -3.33. The van der Waals surface area contributed by atoms with Crippen LogP contribution in [0, 0.1) is 6.92 Å². The predicted octanol–water partition coefficient (Wildman–Crippen LogP) is 1.98. The van der Waals surface area contributed by atoms with Gasteiger partial charge in [0.1, 0.15) is 4.21 Å². The van der Waals surface area contributed by atoms with Crippen LogP contribution in [-0.2, 0) is 10.0 Å². The summed E-state index contributed by atoms with van der Waals surface area (Å²) in [5.74, 6) is 0. The highest BCUT2D eigenvalue weighted by Gasteiger charge is 2.33. The molecular weight excluding hydrogens is 292 g/mol. The summed E-state index contributed by atoms with van der Waals surface area (Å²) in [4.78, 5) is 1.02. The van der Waals surface area contributed by atoms with E-state index in [9.17, 15) is 8.42 Å². The first-order chi connectivity index (χ1) is 8.05. The molecule has 0 radical (unpaired) electrons. The molecule has 2 N–H and O–H groups in total. The molecular formula is C11H19ClN2O2S2. The smallest absolute Gasteiger partial charge is 0.252 e. The molecule has 4 nitrogen and oxygen atoms in total. The highest BCUT2D eigenvalue weighted by molar-refractivity contribution is 7.91. The second-order valence-electron chi connectivity index (χ2n) is 4.37. The number of halogens is 1. The van der Waals surface area contributed by atoms with Crippen LogP contribution in [0.2, 0.25) is 0 Å². The van der Waals surface area contributed by atoms with Crippen molar-refractivity contribution in [2.45, 2.75) is 36.4 Å². The van der Waals surface area contributed by atoms with Crippen LogP contribution in [0.1, 0.15) is 24.1 Å². The fourth-order valence-corrected chi connectivity index (χ4v) is 5.31. The second-order valence-corrected chi connectivity index (χ2v) is 7.77. The monoisotopic (exact) mass is 310 g/mol. The summed E-state index contributed by atoms with van der Waals surface area (Å²) in [6.07, 6.45) is 2.87. The Morgan fingerprint density at radius 3 is 2.72 bits per heavy atom. The Balaban J connectivity index is 0.00000162. The number of hydrogen-bond donors (Lipinski definition) is 1. The summed E-state index contributed by atoms with van der Waals surface area (Å²) in [6, 6.07) is 3.51. The van der Waals surface area contributed by atoms with Gasteiger partial charge >= 0.3 is 0 Å². The van der Waals surface area contributed by atoms with Crippen molar-refractivity contribution >= 4 is 33.8 Å². The minimum Gasteiger partial charge on any atom is -0.329 e. The molecule has 1 aliphatic rings. The Morgan fingerprint density at radius 1 is 1.44 bits per heavy atom. The van der Waals surface area contributed by atoms with Gasteiger partial charge in [0.25, 0.3) is 10.0 Å². The molecule has 1 aromatic heterocycles. The Bertz CT molecular complexity index is 487. The van der Waals surface area contributed by atoms with Crippen molar-refractivity contribution in [2.75, 3.05) is 13.1 Å². The van der Waals surface area contributed by atoms with Crippen molar-refractivity contribution < 1.29 is 8.42 Å². The molecule has 0 aromatic carbocycles. The Labute approximate surface area is 119 Å². The minimum atomic E-state index is -3.33. The molecule has 1 unspecified atom stereocenters. The van der Waals surface area contributed by atoms with Crippen molar-refractivity contribution in [1.29, 1.82) is 0 Å². The topological polar surface area (TPSA) is 63.4 Å². The van der Waals surface area contributed by atoms with E-state index < -0.39 is 10.0 Å². The fraction of sp³-hybridized carbons (Fsp3) is 0.636. The molecule has 1 saturated heterocycles. The lowest BCUT2D eigenvalue weighted by atomic mass is 10.1. The van der Waals surface area contributed by atoms with Crippen LogP contribution in [0.25, 0.3) is 0 Å². The van der Waals surface area contributed by atoms with E-state index in [0.29, 0.717) is 17.3 Å². The number of rotatable bonds is 3. The lowest BCUT2D eigenvalue weighted by Crippen LogP contribution is -2.47. The normalized spacial score (nSPS) is 21.6. The van der Waals surface area contributed by atoms with Crippen LogP contribution in [0.5, 0.6) is 0 Å². The van der Waals surface area contributed by atoms with E-state index in [1.54, 1.807) is 10.4 Å². The molecule has 0 spiro atoms. The zero-order chi connectivity index (χ0) is 12.5. The molecule has 1 atom stereocenters. The molecule has 1 fully saturated rings. The van der Waals surface area contributed by atoms with Crippen molar-refractivity contribution in [1.82, 2.24) is 4.31 Å². The van der Waals surface area contributed by atoms with Gasteiger partial charge in [0, 0.05) is 24.0 Å². The van der Waals surface area contributed by atoms with Crippen LogP contribution < -0.4 is 5.73 Å². The molecule has 2 rings (SSSR count). The highest BCUT2D eigenvalue weighted by atomic mass is 35.5. The van der Waals surface area contributed by atoms with Crippen LogP contribution in [0.3, 0.4) is 0 Å². The average molecular weight is 311 g/mol. The van der Waals surface area contributed by atoms with Gasteiger partial charge in [-0.3, -0.25) is 0 Å². The number of hydrogen-bond acceptors (Lipinski definition) is 4. The maximum atomic E-state index is 12.5. The van der Waals surface area contributed by atoms with Crippen molar-refractivity contribution in [2.24, 2.45) is 5.73 Å². The minimum absolute atomic E-state index is 0.